The zero-order chi connectivity index (χ0) is 16.0. The van der Waals surface area contributed by atoms with Crippen LogP contribution in [0.2, 0.25) is 0 Å². The van der Waals surface area contributed by atoms with Gasteiger partial charge >= 0.3 is 0 Å². The molecule has 0 unspecified atom stereocenters. The second-order valence-corrected chi connectivity index (χ2v) is 6.31. The molecule has 1 amide bonds. The maximum absolute atomic E-state index is 12.2. The molecule has 0 aliphatic heterocycles. The van der Waals surface area contributed by atoms with Crippen LogP contribution in [-0.2, 0) is 4.79 Å². The molecular formula is C18H29NO2. The smallest absolute Gasteiger partial charge is 0.225 e. The summed E-state index contributed by atoms with van der Waals surface area (Å²) >= 11 is 0. The van der Waals surface area contributed by atoms with Gasteiger partial charge in [-0.1, -0.05) is 39.8 Å². The lowest BCUT2D eigenvalue weighted by atomic mass is 9.84. The molecule has 0 aliphatic rings. The monoisotopic (exact) mass is 291 g/mol. The maximum Gasteiger partial charge on any atom is 0.225 e. The van der Waals surface area contributed by atoms with Crippen molar-refractivity contribution >= 4 is 5.91 Å². The largest absolute Gasteiger partial charge is 0.493 e. The highest BCUT2D eigenvalue weighted by Crippen LogP contribution is 2.31. The summed E-state index contributed by atoms with van der Waals surface area (Å²) in [6.07, 6.45) is 0.939. The van der Waals surface area contributed by atoms with Crippen LogP contribution in [0, 0.1) is 11.8 Å². The van der Waals surface area contributed by atoms with Gasteiger partial charge in [-0.05, 0) is 36.0 Å². The molecule has 21 heavy (non-hydrogen) atoms. The summed E-state index contributed by atoms with van der Waals surface area (Å²) in [7, 11) is 3.63. The third-order valence-corrected chi connectivity index (χ3v) is 3.74. The molecule has 0 N–H and O–H groups in total. The van der Waals surface area contributed by atoms with Crippen molar-refractivity contribution in [1.29, 1.82) is 0 Å². The Balaban J connectivity index is 2.90. The fraction of sp³-hybridized carbons (Fsp3) is 0.611. The number of carbonyl (C=O) groups excluding carboxylic acids is 1. The summed E-state index contributed by atoms with van der Waals surface area (Å²) in [5, 5.41) is 0. The van der Waals surface area contributed by atoms with Gasteiger partial charge in [-0.2, -0.15) is 0 Å². The molecule has 3 nitrogen and oxygen atoms in total. The van der Waals surface area contributed by atoms with Crippen LogP contribution in [0.4, 0.5) is 0 Å². The zero-order valence-corrected chi connectivity index (χ0v) is 14.2. The van der Waals surface area contributed by atoms with Gasteiger partial charge < -0.3 is 9.64 Å². The predicted octanol–water partition coefficient (Wildman–Crippen LogP) is 3.94. The first-order chi connectivity index (χ1) is 9.86. The second kappa shape index (κ2) is 8.06. The van der Waals surface area contributed by atoms with Crippen LogP contribution in [0.25, 0.3) is 0 Å². The summed E-state index contributed by atoms with van der Waals surface area (Å²) in [5.74, 6) is 1.78. The minimum atomic E-state index is -0.0228. The van der Waals surface area contributed by atoms with Crippen LogP contribution in [0.5, 0.6) is 5.75 Å². The van der Waals surface area contributed by atoms with E-state index in [1.165, 1.54) is 5.56 Å². The Morgan fingerprint density at radius 3 is 2.43 bits per heavy atom. The molecule has 1 rings (SSSR count). The lowest BCUT2D eigenvalue weighted by molar-refractivity contribution is -0.133. The van der Waals surface area contributed by atoms with Crippen molar-refractivity contribution in [1.82, 2.24) is 4.90 Å². The summed E-state index contributed by atoms with van der Waals surface area (Å²) in [5.41, 5.74) is 1.18. The number of rotatable bonds is 7. The van der Waals surface area contributed by atoms with Gasteiger partial charge in [0.1, 0.15) is 5.75 Å². The number of hydrogen-bond acceptors (Lipinski definition) is 2. The van der Waals surface area contributed by atoms with Gasteiger partial charge in [0.05, 0.1) is 6.61 Å². The summed E-state index contributed by atoms with van der Waals surface area (Å²) in [6, 6.07) is 8.17. The lowest BCUT2D eigenvalue weighted by Gasteiger charge is -2.25. The van der Waals surface area contributed by atoms with E-state index in [4.69, 9.17) is 4.74 Å². The van der Waals surface area contributed by atoms with Gasteiger partial charge in [-0.25, -0.2) is 0 Å². The van der Waals surface area contributed by atoms with Crippen molar-refractivity contribution < 1.29 is 9.53 Å². The molecular weight excluding hydrogens is 262 g/mol. The Bertz CT molecular complexity index is 454. The van der Waals surface area contributed by atoms with Crippen molar-refractivity contribution in [3.05, 3.63) is 29.8 Å². The third-order valence-electron chi connectivity index (χ3n) is 3.74. The van der Waals surface area contributed by atoms with Crippen LogP contribution < -0.4 is 4.74 Å². The quantitative estimate of drug-likeness (QED) is 0.761. The van der Waals surface area contributed by atoms with Crippen LogP contribution in [0.15, 0.2) is 24.3 Å². The van der Waals surface area contributed by atoms with Crippen molar-refractivity contribution in [3.63, 3.8) is 0 Å². The minimum absolute atomic E-state index is 0.0228. The molecule has 0 saturated heterocycles. The Labute approximate surface area is 129 Å². The van der Waals surface area contributed by atoms with Gasteiger partial charge in [0, 0.05) is 20.0 Å². The minimum Gasteiger partial charge on any atom is -0.493 e. The molecule has 0 aromatic heterocycles. The van der Waals surface area contributed by atoms with Crippen molar-refractivity contribution in [2.75, 3.05) is 20.7 Å². The standard InChI is InChI=1S/C18H29NO2/c1-7-17(14(4)18(20)19(5)6)15-9-8-10-16(11-15)21-12-13(2)3/h8-11,13-14,17H,7,12H2,1-6H3/t14-,17-/m1/s1. The first-order valence-electron chi connectivity index (χ1n) is 7.80. The van der Waals surface area contributed by atoms with Gasteiger partial charge in [0.2, 0.25) is 5.91 Å². The lowest BCUT2D eigenvalue weighted by Crippen LogP contribution is -2.31. The first kappa shape index (κ1) is 17.5. The summed E-state index contributed by atoms with van der Waals surface area (Å²) in [4.78, 5) is 13.9. The van der Waals surface area contributed by atoms with Gasteiger partial charge in [0.15, 0.2) is 0 Å². The van der Waals surface area contributed by atoms with E-state index >= 15 is 0 Å². The van der Waals surface area contributed by atoms with Crippen molar-refractivity contribution in [2.24, 2.45) is 11.8 Å². The molecule has 0 bridgehead atoms. The fourth-order valence-corrected chi connectivity index (χ4v) is 2.56. The van der Waals surface area contributed by atoms with E-state index in [-0.39, 0.29) is 17.7 Å². The molecule has 0 saturated carbocycles. The van der Waals surface area contributed by atoms with E-state index < -0.39 is 0 Å². The Morgan fingerprint density at radius 2 is 1.90 bits per heavy atom. The van der Waals surface area contributed by atoms with Crippen LogP contribution in [0.1, 0.15) is 45.6 Å². The first-order valence-corrected chi connectivity index (χ1v) is 7.80. The number of hydrogen-bond donors (Lipinski definition) is 0. The van der Waals surface area contributed by atoms with E-state index in [0.29, 0.717) is 12.5 Å². The number of carbonyl (C=O) groups is 1. The summed E-state index contributed by atoms with van der Waals surface area (Å²) in [6.45, 7) is 9.13. The third kappa shape index (κ3) is 5.07. The molecule has 118 valence electrons. The molecule has 1 aromatic carbocycles. The van der Waals surface area contributed by atoms with Crippen LogP contribution >= 0.6 is 0 Å². The van der Waals surface area contributed by atoms with E-state index in [1.807, 2.05) is 33.2 Å². The van der Waals surface area contributed by atoms with E-state index in [1.54, 1.807) is 4.90 Å². The van der Waals surface area contributed by atoms with Crippen LogP contribution in [0.3, 0.4) is 0 Å². The highest BCUT2D eigenvalue weighted by atomic mass is 16.5. The summed E-state index contributed by atoms with van der Waals surface area (Å²) < 4.78 is 5.80. The van der Waals surface area contributed by atoms with Crippen molar-refractivity contribution in [3.8, 4) is 5.75 Å². The molecule has 3 heteroatoms. The average molecular weight is 291 g/mol. The fourth-order valence-electron chi connectivity index (χ4n) is 2.56. The average Bonchev–Trinajstić information content (AvgIpc) is 2.45. The zero-order valence-electron chi connectivity index (χ0n) is 14.2. The second-order valence-electron chi connectivity index (χ2n) is 6.31. The number of nitrogens with zero attached hydrogens (tertiary/aromatic N) is 1. The molecule has 0 heterocycles. The van der Waals surface area contributed by atoms with Crippen LogP contribution in [-0.4, -0.2) is 31.5 Å². The molecule has 0 fully saturated rings. The topological polar surface area (TPSA) is 29.5 Å². The Kier molecular flexibility index (Phi) is 6.73. The van der Waals surface area contributed by atoms with Gasteiger partial charge in [-0.3, -0.25) is 4.79 Å². The molecule has 2 atom stereocenters. The number of ether oxygens (including phenoxy) is 1. The molecule has 0 radical (unpaired) electrons. The molecule has 0 spiro atoms. The van der Waals surface area contributed by atoms with E-state index in [9.17, 15) is 4.79 Å². The normalized spacial score (nSPS) is 13.9. The SMILES string of the molecule is CC[C@@H](c1cccc(OCC(C)C)c1)[C@@H](C)C(=O)N(C)C. The van der Waals surface area contributed by atoms with E-state index in [0.717, 1.165) is 12.2 Å². The van der Waals surface area contributed by atoms with E-state index in [2.05, 4.69) is 32.9 Å². The van der Waals surface area contributed by atoms with Gasteiger partial charge in [0.25, 0.3) is 0 Å². The molecule has 1 aromatic rings. The maximum atomic E-state index is 12.2. The van der Waals surface area contributed by atoms with Crippen molar-refractivity contribution in [2.45, 2.75) is 40.0 Å². The molecule has 0 aliphatic carbocycles. The van der Waals surface area contributed by atoms with Gasteiger partial charge in [-0.15, -0.1) is 0 Å². The Hall–Kier alpha value is -1.51. The number of amides is 1. The Morgan fingerprint density at radius 1 is 1.24 bits per heavy atom. The number of benzene rings is 1. The highest BCUT2D eigenvalue weighted by molar-refractivity contribution is 5.79. The predicted molar refractivity (Wildman–Crippen MR) is 87.7 cm³/mol. The highest BCUT2D eigenvalue weighted by Gasteiger charge is 2.25.